The fourth-order valence-electron chi connectivity index (χ4n) is 5.14. The maximum atomic E-state index is 5.71. The predicted molar refractivity (Wildman–Crippen MR) is 95.9 cm³/mol. The van der Waals surface area contributed by atoms with Gasteiger partial charge in [-0.15, -0.1) is 6.58 Å². The van der Waals surface area contributed by atoms with E-state index in [1.54, 1.807) is 5.57 Å². The Balaban J connectivity index is 2.26. The second-order valence-electron chi connectivity index (χ2n) is 8.60. The Morgan fingerprint density at radius 2 is 2.09 bits per heavy atom. The van der Waals surface area contributed by atoms with Gasteiger partial charge in [-0.25, -0.2) is 0 Å². The standard InChI is InChI=1S/C21H36O/c1-8-19(4,22-7)14-15-21(6)17(3)12-13-20(5)16(2)10-9-11-18(20)21/h8,10,17-18H,1,9,11-15H2,2-7H3/t17-,18+,19?,20+,21+/m0/s1. The minimum Gasteiger partial charge on any atom is -0.374 e. The van der Waals surface area contributed by atoms with Gasteiger partial charge in [0.1, 0.15) is 0 Å². The molecule has 1 saturated carbocycles. The number of methoxy groups -OCH3 is 1. The summed E-state index contributed by atoms with van der Waals surface area (Å²) < 4.78 is 5.71. The van der Waals surface area contributed by atoms with Crippen molar-refractivity contribution in [3.8, 4) is 0 Å². The molecule has 0 spiro atoms. The number of hydrogen-bond acceptors (Lipinski definition) is 1. The van der Waals surface area contributed by atoms with Crippen LogP contribution in [0.5, 0.6) is 0 Å². The summed E-state index contributed by atoms with van der Waals surface area (Å²) in [6, 6.07) is 0. The summed E-state index contributed by atoms with van der Waals surface area (Å²) in [5.41, 5.74) is 2.28. The zero-order valence-electron chi connectivity index (χ0n) is 15.7. The first-order valence-corrected chi connectivity index (χ1v) is 9.08. The zero-order chi connectivity index (χ0) is 16.6. The summed E-state index contributed by atoms with van der Waals surface area (Å²) in [6.45, 7) is 16.1. The molecule has 0 N–H and O–H groups in total. The highest BCUT2D eigenvalue weighted by molar-refractivity contribution is 5.20. The van der Waals surface area contributed by atoms with Gasteiger partial charge in [0.15, 0.2) is 0 Å². The molecule has 2 aliphatic carbocycles. The van der Waals surface area contributed by atoms with Crippen molar-refractivity contribution in [1.29, 1.82) is 0 Å². The molecular weight excluding hydrogens is 268 g/mol. The first kappa shape index (κ1) is 17.8. The fraction of sp³-hybridized carbons (Fsp3) is 0.810. The molecule has 1 nitrogen and oxygen atoms in total. The van der Waals surface area contributed by atoms with E-state index in [0.29, 0.717) is 10.8 Å². The lowest BCUT2D eigenvalue weighted by Crippen LogP contribution is -2.50. The monoisotopic (exact) mass is 304 g/mol. The molecule has 0 aromatic carbocycles. The van der Waals surface area contributed by atoms with Crippen molar-refractivity contribution >= 4 is 0 Å². The van der Waals surface area contributed by atoms with E-state index < -0.39 is 0 Å². The van der Waals surface area contributed by atoms with Crippen molar-refractivity contribution < 1.29 is 4.74 Å². The average molecular weight is 305 g/mol. The summed E-state index contributed by atoms with van der Waals surface area (Å²) in [7, 11) is 1.81. The fourth-order valence-corrected chi connectivity index (χ4v) is 5.14. The molecule has 0 aliphatic heterocycles. The molecule has 22 heavy (non-hydrogen) atoms. The van der Waals surface area contributed by atoms with Gasteiger partial charge in [0.2, 0.25) is 0 Å². The number of allylic oxidation sites excluding steroid dienone is 2. The lowest BCUT2D eigenvalue weighted by molar-refractivity contribution is -0.0626. The molecule has 0 amide bonds. The molecule has 126 valence electrons. The van der Waals surface area contributed by atoms with Gasteiger partial charge in [0, 0.05) is 7.11 Å². The molecule has 0 saturated heterocycles. The van der Waals surface area contributed by atoms with Gasteiger partial charge in [-0.3, -0.25) is 0 Å². The number of hydrogen-bond donors (Lipinski definition) is 0. The van der Waals surface area contributed by atoms with Crippen LogP contribution in [0.25, 0.3) is 0 Å². The first-order valence-electron chi connectivity index (χ1n) is 9.08. The summed E-state index contributed by atoms with van der Waals surface area (Å²) in [6.07, 6.45) is 12.1. The van der Waals surface area contributed by atoms with E-state index in [0.717, 1.165) is 18.3 Å². The Morgan fingerprint density at radius 3 is 2.68 bits per heavy atom. The minimum atomic E-state index is -0.184. The summed E-state index contributed by atoms with van der Waals surface area (Å²) in [5, 5.41) is 0. The van der Waals surface area contributed by atoms with Gasteiger partial charge in [-0.1, -0.05) is 38.5 Å². The summed E-state index contributed by atoms with van der Waals surface area (Å²) >= 11 is 0. The second kappa shape index (κ2) is 6.15. The quantitative estimate of drug-likeness (QED) is 0.553. The lowest BCUT2D eigenvalue weighted by Gasteiger charge is -2.58. The third-order valence-electron chi connectivity index (χ3n) is 7.65. The van der Waals surface area contributed by atoms with Crippen LogP contribution in [-0.4, -0.2) is 12.7 Å². The van der Waals surface area contributed by atoms with E-state index in [1.807, 2.05) is 13.2 Å². The summed E-state index contributed by atoms with van der Waals surface area (Å²) in [5.74, 6) is 1.60. The van der Waals surface area contributed by atoms with Gasteiger partial charge in [-0.05, 0) is 75.0 Å². The van der Waals surface area contributed by atoms with Crippen molar-refractivity contribution in [3.63, 3.8) is 0 Å². The normalized spacial score (nSPS) is 41.3. The van der Waals surface area contributed by atoms with Crippen molar-refractivity contribution in [3.05, 3.63) is 24.3 Å². The van der Waals surface area contributed by atoms with Crippen LogP contribution < -0.4 is 0 Å². The third-order valence-corrected chi connectivity index (χ3v) is 7.65. The molecule has 2 rings (SSSR count). The highest BCUT2D eigenvalue weighted by atomic mass is 16.5. The van der Waals surface area contributed by atoms with Gasteiger partial charge in [-0.2, -0.15) is 0 Å². The third kappa shape index (κ3) is 2.82. The molecule has 0 aromatic heterocycles. The minimum absolute atomic E-state index is 0.184. The Labute approximate surface area is 138 Å². The number of ether oxygens (including phenoxy) is 1. The van der Waals surface area contributed by atoms with Crippen molar-refractivity contribution in [2.24, 2.45) is 22.7 Å². The molecule has 0 heterocycles. The Kier molecular flexibility index (Phi) is 4.97. The topological polar surface area (TPSA) is 9.23 Å². The van der Waals surface area contributed by atoms with Crippen molar-refractivity contribution in [1.82, 2.24) is 0 Å². The lowest BCUT2D eigenvalue weighted by atomic mass is 9.47. The van der Waals surface area contributed by atoms with Crippen LogP contribution in [0.3, 0.4) is 0 Å². The summed E-state index contributed by atoms with van der Waals surface area (Å²) in [4.78, 5) is 0. The van der Waals surface area contributed by atoms with E-state index in [4.69, 9.17) is 4.74 Å². The Hall–Kier alpha value is -0.560. The first-order chi connectivity index (χ1) is 10.2. The maximum absolute atomic E-state index is 5.71. The van der Waals surface area contributed by atoms with E-state index in [1.165, 1.54) is 32.1 Å². The SMILES string of the molecule is C=CC(C)(CC[C@]1(C)[C@@H](C)CC[C@]2(C)C(C)=CCC[C@@H]12)OC. The highest BCUT2D eigenvalue weighted by Crippen LogP contribution is 2.62. The average Bonchev–Trinajstić information content (AvgIpc) is 2.51. The highest BCUT2D eigenvalue weighted by Gasteiger charge is 2.53. The van der Waals surface area contributed by atoms with Crippen molar-refractivity contribution in [2.75, 3.05) is 7.11 Å². The van der Waals surface area contributed by atoms with Gasteiger partial charge in [0.05, 0.1) is 5.60 Å². The van der Waals surface area contributed by atoms with Crippen LogP contribution in [0.4, 0.5) is 0 Å². The van der Waals surface area contributed by atoms with Crippen LogP contribution in [0, 0.1) is 22.7 Å². The molecule has 2 aliphatic rings. The predicted octanol–water partition coefficient (Wildman–Crippen LogP) is 6.16. The smallest absolute Gasteiger partial charge is 0.0828 e. The van der Waals surface area contributed by atoms with E-state index in [9.17, 15) is 0 Å². The Bertz CT molecular complexity index is 451. The van der Waals surface area contributed by atoms with Crippen LogP contribution in [-0.2, 0) is 4.74 Å². The molecule has 0 aromatic rings. The molecule has 1 fully saturated rings. The molecule has 1 heteroatoms. The van der Waals surface area contributed by atoms with Crippen LogP contribution in [0.2, 0.25) is 0 Å². The largest absolute Gasteiger partial charge is 0.374 e. The zero-order valence-corrected chi connectivity index (χ0v) is 15.7. The van der Waals surface area contributed by atoms with Crippen LogP contribution >= 0.6 is 0 Å². The number of rotatable bonds is 5. The van der Waals surface area contributed by atoms with Crippen LogP contribution in [0.15, 0.2) is 24.3 Å². The molecule has 1 unspecified atom stereocenters. The van der Waals surface area contributed by atoms with E-state index in [-0.39, 0.29) is 5.60 Å². The van der Waals surface area contributed by atoms with E-state index >= 15 is 0 Å². The number of fused-ring (bicyclic) bond motifs is 1. The van der Waals surface area contributed by atoms with E-state index in [2.05, 4.69) is 47.3 Å². The molecular formula is C21H36O. The van der Waals surface area contributed by atoms with Crippen LogP contribution in [0.1, 0.15) is 73.1 Å². The van der Waals surface area contributed by atoms with Gasteiger partial charge >= 0.3 is 0 Å². The molecule has 5 atom stereocenters. The van der Waals surface area contributed by atoms with Gasteiger partial charge in [0.25, 0.3) is 0 Å². The van der Waals surface area contributed by atoms with Gasteiger partial charge < -0.3 is 4.74 Å². The second-order valence-corrected chi connectivity index (χ2v) is 8.60. The molecule has 0 bridgehead atoms. The maximum Gasteiger partial charge on any atom is 0.0828 e. The molecule has 0 radical (unpaired) electrons. The van der Waals surface area contributed by atoms with Crippen molar-refractivity contribution in [2.45, 2.75) is 78.7 Å². The Morgan fingerprint density at radius 1 is 1.41 bits per heavy atom.